The molecule has 21 heavy (non-hydrogen) atoms. The Kier molecular flexibility index (Phi) is 5.05. The van der Waals surface area contributed by atoms with Crippen LogP contribution in [0.1, 0.15) is 29.3 Å². The summed E-state index contributed by atoms with van der Waals surface area (Å²) < 4.78 is 5.52. The smallest absolute Gasteiger partial charge is 0.328 e. The molecule has 0 aliphatic carbocycles. The zero-order valence-electron chi connectivity index (χ0n) is 11.9. The Morgan fingerprint density at radius 1 is 1.48 bits per heavy atom. The second-order valence-corrected chi connectivity index (χ2v) is 4.96. The molecule has 0 aromatic carbocycles. The van der Waals surface area contributed by atoms with E-state index in [9.17, 15) is 9.59 Å². The lowest BCUT2D eigenvalue weighted by Gasteiger charge is -2.22. The summed E-state index contributed by atoms with van der Waals surface area (Å²) in [5.41, 5.74) is 1.04. The molecule has 2 rings (SSSR count). The van der Waals surface area contributed by atoms with Gasteiger partial charge < -0.3 is 14.7 Å². The molecule has 1 atom stereocenters. The fraction of sp³-hybridized carbons (Fsp3) is 0.400. The molecular weight excluding hydrogens is 272 g/mol. The molecular formula is C15H18N2O4. The molecule has 6 nitrogen and oxygen atoms in total. The van der Waals surface area contributed by atoms with Gasteiger partial charge in [-0.3, -0.25) is 9.78 Å². The molecule has 0 saturated carbocycles. The first-order chi connectivity index (χ1) is 10.1. The maximum absolute atomic E-state index is 12.5. The van der Waals surface area contributed by atoms with E-state index in [1.807, 2.05) is 6.92 Å². The Balaban J connectivity index is 2.14. The summed E-state index contributed by atoms with van der Waals surface area (Å²) in [6, 6.07) is 1.64. The van der Waals surface area contributed by atoms with Gasteiger partial charge >= 0.3 is 5.97 Å². The minimum absolute atomic E-state index is 0.0134. The van der Waals surface area contributed by atoms with Crippen LogP contribution in [0.2, 0.25) is 0 Å². The molecule has 1 unspecified atom stereocenters. The van der Waals surface area contributed by atoms with Crippen molar-refractivity contribution in [2.75, 3.05) is 19.7 Å². The largest absolute Gasteiger partial charge is 0.478 e. The van der Waals surface area contributed by atoms with Crippen molar-refractivity contribution in [3.05, 3.63) is 35.7 Å². The van der Waals surface area contributed by atoms with Gasteiger partial charge in [0.1, 0.15) is 0 Å². The van der Waals surface area contributed by atoms with E-state index in [-0.39, 0.29) is 12.0 Å². The van der Waals surface area contributed by atoms with Crippen molar-refractivity contribution < 1.29 is 19.4 Å². The molecule has 6 heteroatoms. The number of aromatic nitrogens is 1. The summed E-state index contributed by atoms with van der Waals surface area (Å²) in [6.45, 7) is 3.80. The number of rotatable bonds is 3. The lowest BCUT2D eigenvalue weighted by Crippen LogP contribution is -2.36. The van der Waals surface area contributed by atoms with Gasteiger partial charge in [-0.2, -0.15) is 0 Å². The molecule has 0 spiro atoms. The van der Waals surface area contributed by atoms with Gasteiger partial charge in [0, 0.05) is 38.2 Å². The van der Waals surface area contributed by atoms with E-state index < -0.39 is 5.97 Å². The van der Waals surface area contributed by atoms with Crippen molar-refractivity contribution in [1.82, 2.24) is 9.88 Å². The number of carbonyl (C=O) groups is 2. The Morgan fingerprint density at radius 3 is 3.05 bits per heavy atom. The number of carboxylic acid groups (broad SMARTS) is 1. The summed E-state index contributed by atoms with van der Waals surface area (Å²) in [5.74, 6) is -1.14. The molecule has 112 valence electrons. The number of aliphatic carboxylic acids is 1. The highest BCUT2D eigenvalue weighted by molar-refractivity contribution is 5.94. The van der Waals surface area contributed by atoms with Crippen molar-refractivity contribution in [1.29, 1.82) is 0 Å². The van der Waals surface area contributed by atoms with Gasteiger partial charge in [-0.25, -0.2) is 4.79 Å². The molecule has 1 aromatic rings. The third-order valence-corrected chi connectivity index (χ3v) is 3.16. The van der Waals surface area contributed by atoms with Crippen LogP contribution < -0.4 is 0 Å². The van der Waals surface area contributed by atoms with E-state index in [0.717, 1.165) is 12.5 Å². The molecule has 1 aromatic heterocycles. The number of hydrogen-bond donors (Lipinski definition) is 1. The summed E-state index contributed by atoms with van der Waals surface area (Å²) in [4.78, 5) is 28.7. The average molecular weight is 290 g/mol. The Hall–Kier alpha value is -2.21. The highest BCUT2D eigenvalue weighted by Gasteiger charge is 2.21. The fourth-order valence-electron chi connectivity index (χ4n) is 2.19. The molecule has 0 radical (unpaired) electrons. The lowest BCUT2D eigenvalue weighted by molar-refractivity contribution is -0.131. The van der Waals surface area contributed by atoms with Crippen LogP contribution in [0.4, 0.5) is 0 Å². The zero-order valence-corrected chi connectivity index (χ0v) is 11.9. The zero-order chi connectivity index (χ0) is 15.2. The number of nitrogens with zero attached hydrogens (tertiary/aromatic N) is 2. The van der Waals surface area contributed by atoms with Crippen LogP contribution in [0.15, 0.2) is 24.5 Å². The Bertz CT molecular complexity index is 556. The standard InChI is InChI=1S/C15H18N2O4/c1-11-10-17(5-2-6-21-11)15(20)13-7-12(8-16-9-13)3-4-14(18)19/h3-4,7-9,11H,2,5-6,10H2,1H3,(H,18,19). The second-order valence-electron chi connectivity index (χ2n) is 4.96. The lowest BCUT2D eigenvalue weighted by atomic mass is 10.1. The van der Waals surface area contributed by atoms with E-state index in [0.29, 0.717) is 30.8 Å². The molecule has 1 aliphatic heterocycles. The van der Waals surface area contributed by atoms with Gasteiger partial charge in [0.2, 0.25) is 0 Å². The first kappa shape index (κ1) is 15.2. The van der Waals surface area contributed by atoms with Gasteiger partial charge in [0.15, 0.2) is 0 Å². The first-order valence-electron chi connectivity index (χ1n) is 6.83. The van der Waals surface area contributed by atoms with Crippen LogP contribution >= 0.6 is 0 Å². The van der Waals surface area contributed by atoms with Crippen molar-refractivity contribution in [2.45, 2.75) is 19.4 Å². The predicted molar refractivity (Wildman–Crippen MR) is 76.8 cm³/mol. The van der Waals surface area contributed by atoms with E-state index in [2.05, 4.69) is 4.98 Å². The number of pyridine rings is 1. The number of hydrogen-bond acceptors (Lipinski definition) is 4. The van der Waals surface area contributed by atoms with Crippen LogP contribution in [0, 0.1) is 0 Å². The van der Waals surface area contributed by atoms with Crippen LogP contribution in [0.5, 0.6) is 0 Å². The molecule has 1 aliphatic rings. The highest BCUT2D eigenvalue weighted by atomic mass is 16.5. The minimum Gasteiger partial charge on any atom is -0.478 e. The third kappa shape index (κ3) is 4.39. The number of carbonyl (C=O) groups excluding carboxylic acids is 1. The maximum atomic E-state index is 12.5. The van der Waals surface area contributed by atoms with Gasteiger partial charge in [0.05, 0.1) is 11.7 Å². The van der Waals surface area contributed by atoms with E-state index in [1.165, 1.54) is 18.5 Å². The van der Waals surface area contributed by atoms with Crippen molar-refractivity contribution in [3.8, 4) is 0 Å². The predicted octanol–water partition coefficient (Wildman–Crippen LogP) is 1.43. The minimum atomic E-state index is -1.04. The van der Waals surface area contributed by atoms with E-state index in [4.69, 9.17) is 9.84 Å². The van der Waals surface area contributed by atoms with Gasteiger partial charge in [-0.05, 0) is 31.1 Å². The summed E-state index contributed by atoms with van der Waals surface area (Å²) >= 11 is 0. The number of ether oxygens (including phenoxy) is 1. The molecule has 0 bridgehead atoms. The normalized spacial score (nSPS) is 19.5. The van der Waals surface area contributed by atoms with Gasteiger partial charge in [-0.15, -0.1) is 0 Å². The van der Waals surface area contributed by atoms with Crippen LogP contribution in [0.25, 0.3) is 6.08 Å². The maximum Gasteiger partial charge on any atom is 0.328 e. The van der Waals surface area contributed by atoms with E-state index in [1.54, 1.807) is 11.0 Å². The van der Waals surface area contributed by atoms with Gasteiger partial charge in [0.25, 0.3) is 5.91 Å². The van der Waals surface area contributed by atoms with E-state index >= 15 is 0 Å². The fourth-order valence-corrected chi connectivity index (χ4v) is 2.19. The molecule has 1 N–H and O–H groups in total. The SMILES string of the molecule is CC1CN(C(=O)c2cncc(C=CC(=O)O)c2)CCCO1. The number of amides is 1. The van der Waals surface area contributed by atoms with Crippen molar-refractivity contribution in [3.63, 3.8) is 0 Å². The molecule has 1 amide bonds. The van der Waals surface area contributed by atoms with Crippen molar-refractivity contribution in [2.24, 2.45) is 0 Å². The van der Waals surface area contributed by atoms with Crippen LogP contribution in [0.3, 0.4) is 0 Å². The topological polar surface area (TPSA) is 79.7 Å². The molecule has 1 saturated heterocycles. The molecule has 2 heterocycles. The quantitative estimate of drug-likeness (QED) is 0.852. The summed E-state index contributed by atoms with van der Waals surface area (Å²) in [7, 11) is 0. The first-order valence-corrected chi connectivity index (χ1v) is 6.83. The van der Waals surface area contributed by atoms with Crippen LogP contribution in [-0.4, -0.2) is 52.7 Å². The average Bonchev–Trinajstić information content (AvgIpc) is 2.69. The Morgan fingerprint density at radius 2 is 2.29 bits per heavy atom. The monoisotopic (exact) mass is 290 g/mol. The Labute approximate surface area is 123 Å². The van der Waals surface area contributed by atoms with Gasteiger partial charge in [-0.1, -0.05) is 0 Å². The third-order valence-electron chi connectivity index (χ3n) is 3.16. The molecule has 1 fully saturated rings. The summed E-state index contributed by atoms with van der Waals surface area (Å²) in [6.07, 6.45) is 6.27. The van der Waals surface area contributed by atoms with Crippen LogP contribution in [-0.2, 0) is 9.53 Å². The van der Waals surface area contributed by atoms with Crippen molar-refractivity contribution >= 4 is 18.0 Å². The number of carboxylic acids is 1. The summed E-state index contributed by atoms with van der Waals surface area (Å²) in [5, 5.41) is 8.62. The second kappa shape index (κ2) is 6.99. The highest BCUT2D eigenvalue weighted by Crippen LogP contribution is 2.12.